The van der Waals surface area contributed by atoms with E-state index in [0.717, 1.165) is 25.0 Å². The van der Waals surface area contributed by atoms with Crippen LogP contribution >= 0.6 is 11.8 Å². The summed E-state index contributed by atoms with van der Waals surface area (Å²) in [6.07, 6.45) is 5.85. The molecule has 0 aliphatic heterocycles. The van der Waals surface area contributed by atoms with Gasteiger partial charge in [0.15, 0.2) is 0 Å². The fraction of sp³-hybridized carbons (Fsp3) is 0.867. The van der Waals surface area contributed by atoms with Crippen LogP contribution in [0.3, 0.4) is 0 Å². The first-order chi connectivity index (χ1) is 9.76. The van der Waals surface area contributed by atoms with Crippen LogP contribution in [0.4, 0.5) is 4.79 Å². The SMILES string of the molecule is CSCCCCCNC(=O)NCC(CC(C)(C)C)C(=O)O. The number of carboxylic acids is 1. The number of amides is 2. The molecule has 0 bridgehead atoms. The molecule has 3 N–H and O–H groups in total. The molecule has 124 valence electrons. The van der Waals surface area contributed by atoms with Crippen molar-refractivity contribution in [1.29, 1.82) is 0 Å². The zero-order chi connectivity index (χ0) is 16.3. The van der Waals surface area contributed by atoms with Gasteiger partial charge in [0.05, 0.1) is 5.92 Å². The van der Waals surface area contributed by atoms with E-state index in [1.54, 1.807) is 0 Å². The van der Waals surface area contributed by atoms with Crippen LogP contribution in [-0.2, 0) is 4.79 Å². The number of carbonyl (C=O) groups is 2. The van der Waals surface area contributed by atoms with E-state index in [1.165, 1.54) is 0 Å². The Bertz CT molecular complexity index is 317. The van der Waals surface area contributed by atoms with Crippen molar-refractivity contribution in [2.45, 2.75) is 46.5 Å². The molecule has 0 rings (SSSR count). The number of thioether (sulfide) groups is 1. The molecule has 5 nitrogen and oxygen atoms in total. The predicted molar refractivity (Wildman–Crippen MR) is 88.8 cm³/mol. The summed E-state index contributed by atoms with van der Waals surface area (Å²) in [4.78, 5) is 22.8. The number of hydrogen-bond acceptors (Lipinski definition) is 3. The van der Waals surface area contributed by atoms with Crippen LogP contribution < -0.4 is 10.6 Å². The van der Waals surface area contributed by atoms with E-state index in [-0.39, 0.29) is 18.0 Å². The molecule has 0 aromatic rings. The van der Waals surface area contributed by atoms with Crippen molar-refractivity contribution < 1.29 is 14.7 Å². The van der Waals surface area contributed by atoms with E-state index >= 15 is 0 Å². The van der Waals surface area contributed by atoms with Crippen molar-refractivity contribution in [2.24, 2.45) is 11.3 Å². The van der Waals surface area contributed by atoms with Gasteiger partial charge in [-0.1, -0.05) is 27.2 Å². The van der Waals surface area contributed by atoms with Crippen LogP contribution in [0.5, 0.6) is 0 Å². The van der Waals surface area contributed by atoms with Crippen molar-refractivity contribution in [3.63, 3.8) is 0 Å². The molecule has 0 saturated heterocycles. The maximum absolute atomic E-state index is 11.6. The summed E-state index contributed by atoms with van der Waals surface area (Å²) in [5, 5.41) is 14.6. The van der Waals surface area contributed by atoms with Crippen LogP contribution in [0, 0.1) is 11.3 Å². The Morgan fingerprint density at radius 3 is 2.33 bits per heavy atom. The topological polar surface area (TPSA) is 78.4 Å². The molecule has 0 fully saturated rings. The van der Waals surface area contributed by atoms with Crippen LogP contribution in [0.15, 0.2) is 0 Å². The number of carboxylic acid groups (broad SMARTS) is 1. The molecule has 0 radical (unpaired) electrons. The monoisotopic (exact) mass is 318 g/mol. The molecule has 0 heterocycles. The van der Waals surface area contributed by atoms with Crippen molar-refractivity contribution in [3.8, 4) is 0 Å². The second-order valence-corrected chi connectivity index (χ2v) is 7.48. The average Bonchev–Trinajstić information content (AvgIpc) is 2.37. The van der Waals surface area contributed by atoms with Gasteiger partial charge >= 0.3 is 12.0 Å². The second kappa shape index (κ2) is 10.8. The van der Waals surface area contributed by atoms with Crippen LogP contribution in [0.2, 0.25) is 0 Å². The van der Waals surface area contributed by atoms with E-state index in [1.807, 2.05) is 32.5 Å². The third-order valence-corrected chi connectivity index (χ3v) is 3.72. The third kappa shape index (κ3) is 12.5. The summed E-state index contributed by atoms with van der Waals surface area (Å²) in [5.41, 5.74) is -0.0709. The molecule has 6 heteroatoms. The number of hydrogen-bond donors (Lipinski definition) is 3. The van der Waals surface area contributed by atoms with E-state index in [2.05, 4.69) is 16.9 Å². The molecular weight excluding hydrogens is 288 g/mol. The van der Waals surface area contributed by atoms with Gasteiger partial charge < -0.3 is 15.7 Å². The first kappa shape index (κ1) is 20.1. The van der Waals surface area contributed by atoms with Gasteiger partial charge in [0.1, 0.15) is 0 Å². The number of carbonyl (C=O) groups excluding carboxylic acids is 1. The highest BCUT2D eigenvalue weighted by molar-refractivity contribution is 7.98. The number of urea groups is 1. The van der Waals surface area contributed by atoms with Gasteiger partial charge in [0.25, 0.3) is 0 Å². The molecule has 2 amide bonds. The molecule has 21 heavy (non-hydrogen) atoms. The second-order valence-electron chi connectivity index (χ2n) is 6.49. The molecule has 0 aliphatic carbocycles. The summed E-state index contributed by atoms with van der Waals surface area (Å²) in [5.74, 6) is -0.251. The fourth-order valence-corrected chi connectivity index (χ4v) is 2.51. The lowest BCUT2D eigenvalue weighted by Gasteiger charge is -2.23. The molecule has 0 spiro atoms. The molecule has 0 saturated carbocycles. The Kier molecular flexibility index (Phi) is 10.3. The highest BCUT2D eigenvalue weighted by Gasteiger charge is 2.24. The summed E-state index contributed by atoms with van der Waals surface area (Å²) < 4.78 is 0. The zero-order valence-electron chi connectivity index (χ0n) is 13.7. The van der Waals surface area contributed by atoms with E-state index in [4.69, 9.17) is 0 Å². The summed E-state index contributed by atoms with van der Waals surface area (Å²) in [7, 11) is 0. The van der Waals surface area contributed by atoms with Gasteiger partial charge in [-0.3, -0.25) is 4.79 Å². The Balaban J connectivity index is 3.85. The molecular formula is C15H30N2O3S. The Hall–Kier alpha value is -0.910. The average molecular weight is 318 g/mol. The standard InChI is InChI=1S/C15H30N2O3S/c1-15(2,3)10-12(13(18)19)11-17-14(20)16-8-6-5-7-9-21-4/h12H,5-11H2,1-4H3,(H,18,19)(H2,16,17,20). The summed E-state index contributed by atoms with van der Waals surface area (Å²) in [6.45, 7) is 6.80. The van der Waals surface area contributed by atoms with Gasteiger partial charge in [-0.05, 0) is 36.7 Å². The number of aliphatic carboxylic acids is 1. The third-order valence-electron chi connectivity index (χ3n) is 3.03. The minimum Gasteiger partial charge on any atom is -0.481 e. The Morgan fingerprint density at radius 1 is 1.14 bits per heavy atom. The van der Waals surface area contributed by atoms with Gasteiger partial charge in [-0.15, -0.1) is 0 Å². The lowest BCUT2D eigenvalue weighted by Crippen LogP contribution is -2.41. The Morgan fingerprint density at radius 2 is 1.81 bits per heavy atom. The maximum Gasteiger partial charge on any atom is 0.314 e. The first-order valence-corrected chi connectivity index (χ1v) is 8.89. The normalized spacial score (nSPS) is 12.8. The van der Waals surface area contributed by atoms with Gasteiger partial charge in [-0.25, -0.2) is 4.79 Å². The highest BCUT2D eigenvalue weighted by atomic mass is 32.2. The van der Waals surface area contributed by atoms with Gasteiger partial charge in [0, 0.05) is 13.1 Å². The van der Waals surface area contributed by atoms with Crippen LogP contribution in [0.1, 0.15) is 46.5 Å². The van der Waals surface area contributed by atoms with E-state index < -0.39 is 11.9 Å². The maximum atomic E-state index is 11.6. The largest absolute Gasteiger partial charge is 0.481 e. The summed E-state index contributed by atoms with van der Waals surface area (Å²) >= 11 is 1.83. The van der Waals surface area contributed by atoms with Gasteiger partial charge in [-0.2, -0.15) is 11.8 Å². The first-order valence-electron chi connectivity index (χ1n) is 7.49. The smallest absolute Gasteiger partial charge is 0.314 e. The number of nitrogens with one attached hydrogen (secondary N) is 2. The molecule has 0 aromatic carbocycles. The zero-order valence-corrected chi connectivity index (χ0v) is 14.5. The number of unbranched alkanes of at least 4 members (excludes halogenated alkanes) is 2. The van der Waals surface area contributed by atoms with Gasteiger partial charge in [0.2, 0.25) is 0 Å². The minimum absolute atomic E-state index is 0.0709. The van der Waals surface area contributed by atoms with Crippen molar-refractivity contribution >= 4 is 23.8 Å². The molecule has 0 aliphatic rings. The van der Waals surface area contributed by atoms with E-state index in [9.17, 15) is 14.7 Å². The van der Waals surface area contributed by atoms with Crippen LogP contribution in [-0.4, -0.2) is 42.2 Å². The predicted octanol–water partition coefficient (Wildman–Crippen LogP) is 2.96. The van der Waals surface area contributed by atoms with Crippen molar-refractivity contribution in [3.05, 3.63) is 0 Å². The molecule has 1 unspecified atom stereocenters. The highest BCUT2D eigenvalue weighted by Crippen LogP contribution is 2.24. The lowest BCUT2D eigenvalue weighted by atomic mass is 9.84. The molecule has 1 atom stereocenters. The van der Waals surface area contributed by atoms with E-state index in [0.29, 0.717) is 13.0 Å². The quantitative estimate of drug-likeness (QED) is 0.541. The summed E-state index contributed by atoms with van der Waals surface area (Å²) in [6, 6.07) is -0.278. The Labute approximate surface area is 132 Å². The van der Waals surface area contributed by atoms with Crippen molar-refractivity contribution in [1.82, 2.24) is 10.6 Å². The minimum atomic E-state index is -0.859. The van der Waals surface area contributed by atoms with Crippen molar-refractivity contribution in [2.75, 3.05) is 25.1 Å². The number of rotatable bonds is 10. The molecule has 0 aromatic heterocycles. The lowest BCUT2D eigenvalue weighted by molar-refractivity contribution is -0.142. The van der Waals surface area contributed by atoms with Crippen LogP contribution in [0.25, 0.3) is 0 Å². The fourth-order valence-electron chi connectivity index (χ4n) is 2.01.